The number of ether oxygens (including phenoxy) is 4. The molecule has 0 aliphatic carbocycles. The number of aromatic nitrogens is 8. The smallest absolute Gasteiger partial charge is 0.280 e. The summed E-state index contributed by atoms with van der Waals surface area (Å²) >= 11 is 1.02. The molecule has 2 aliphatic heterocycles. The molecule has 10 atom stereocenters. The number of anilines is 2. The molecule has 2 aliphatic rings. The highest BCUT2D eigenvalue weighted by atomic mass is 32.2. The van der Waals surface area contributed by atoms with Crippen LogP contribution in [-0.2, 0) is 28.4 Å². The number of fused-ring (bicyclic) bond motifs is 2. The monoisotopic (exact) mass is 684 g/mol. The van der Waals surface area contributed by atoms with Crippen LogP contribution >= 0.6 is 21.2 Å². The molecule has 0 radical (unpaired) electrons. The zero-order valence-corrected chi connectivity index (χ0v) is 26.4. The van der Waals surface area contributed by atoms with E-state index in [2.05, 4.69) is 44.3 Å². The Hall–Kier alpha value is -3.08. The van der Waals surface area contributed by atoms with E-state index in [4.69, 9.17) is 34.9 Å². The highest BCUT2D eigenvalue weighted by Gasteiger charge is 2.57. The third-order valence-corrected chi connectivity index (χ3v) is 9.76. The fourth-order valence-corrected chi connectivity index (χ4v) is 7.67. The molecule has 3 unspecified atom stereocenters. The van der Waals surface area contributed by atoms with Crippen LogP contribution in [-0.4, -0.2) is 111 Å². The van der Waals surface area contributed by atoms with Gasteiger partial charge in [0.2, 0.25) is 5.95 Å². The highest BCUT2D eigenvalue weighted by molar-refractivity contribution is 8.00. The number of thioether (sulfide) groups is 1. The van der Waals surface area contributed by atoms with E-state index in [1.807, 2.05) is 0 Å². The minimum atomic E-state index is -1.40. The van der Waals surface area contributed by atoms with Crippen molar-refractivity contribution in [1.29, 1.82) is 0 Å². The first-order valence-electron chi connectivity index (χ1n) is 13.9. The average Bonchev–Trinajstić information content (AvgIpc) is 3.79. The zero-order valence-electron chi connectivity index (χ0n) is 24.4. The first-order chi connectivity index (χ1) is 22.2. The van der Waals surface area contributed by atoms with Crippen LogP contribution in [0.25, 0.3) is 22.3 Å². The van der Waals surface area contributed by atoms with Gasteiger partial charge in [0.15, 0.2) is 47.0 Å². The molecule has 6 heterocycles. The van der Waals surface area contributed by atoms with Crippen LogP contribution in [0, 0.1) is 5.92 Å². The quantitative estimate of drug-likeness (QED) is 0.0467. The number of hydrogen-bond donors (Lipinski definition) is 6. The maximum atomic E-state index is 12.2. The summed E-state index contributed by atoms with van der Waals surface area (Å²) < 4.78 is 32.6. The Morgan fingerprint density at radius 3 is 2.63 bits per heavy atom. The number of hydrogen-bond acceptors (Lipinski definition) is 18. The van der Waals surface area contributed by atoms with Gasteiger partial charge in [-0.3, -0.25) is 24.2 Å². The van der Waals surface area contributed by atoms with Crippen LogP contribution in [0.3, 0.4) is 0 Å². The first-order valence-corrected chi connectivity index (χ1v) is 15.3. The second-order valence-corrected chi connectivity index (χ2v) is 12.2. The Kier molecular flexibility index (Phi) is 9.43. The molecule has 46 heavy (non-hydrogen) atoms. The lowest BCUT2D eigenvalue weighted by molar-refractivity contribution is -0.303. The van der Waals surface area contributed by atoms with E-state index in [1.165, 1.54) is 37.8 Å². The van der Waals surface area contributed by atoms with Crippen molar-refractivity contribution in [2.24, 2.45) is 5.92 Å². The number of rotatable bonds is 12. The molecule has 20 nitrogen and oxygen atoms in total. The van der Waals surface area contributed by atoms with Crippen molar-refractivity contribution in [3.63, 3.8) is 0 Å². The fraction of sp³-hybridized carbons (Fsp3) is 0.583. The largest absolute Gasteiger partial charge is 0.387 e. The summed E-state index contributed by atoms with van der Waals surface area (Å²) in [5, 5.41) is 30.8. The fourth-order valence-electron chi connectivity index (χ4n) is 6.00. The summed E-state index contributed by atoms with van der Waals surface area (Å²) in [6, 6.07) is 0. The third kappa shape index (κ3) is 5.60. The van der Waals surface area contributed by atoms with Gasteiger partial charge in [0.25, 0.3) is 5.56 Å². The van der Waals surface area contributed by atoms with Crippen LogP contribution in [0.15, 0.2) is 23.8 Å². The molecule has 0 bridgehead atoms. The number of nitrogens with one attached hydrogen (secondary N) is 1. The summed E-state index contributed by atoms with van der Waals surface area (Å²) in [4.78, 5) is 40.0. The SMILES string of the molecule is CO[C@H]1[C@H](n2cnc3c(N)ncnc32)O[C@@](COP)(OC)[C@H]1CCC(O)OC1S[C@@H](n2cnc3c(=O)[nH]c(N)nc32)[C@H](OO)[C@@H]1O. The van der Waals surface area contributed by atoms with Gasteiger partial charge in [0.1, 0.15) is 41.5 Å². The lowest BCUT2D eigenvalue weighted by Crippen LogP contribution is -2.44. The van der Waals surface area contributed by atoms with Crippen molar-refractivity contribution in [2.45, 2.75) is 60.3 Å². The third-order valence-electron chi connectivity index (χ3n) is 8.16. The topological polar surface area (TPSA) is 275 Å². The lowest BCUT2D eigenvalue weighted by Gasteiger charge is -2.33. The molecule has 0 amide bonds. The van der Waals surface area contributed by atoms with Crippen LogP contribution in [0.4, 0.5) is 11.8 Å². The minimum Gasteiger partial charge on any atom is -0.387 e. The summed E-state index contributed by atoms with van der Waals surface area (Å²) in [5.41, 5.74) is 11.0. The second kappa shape index (κ2) is 13.2. The van der Waals surface area contributed by atoms with Gasteiger partial charge in [-0.1, -0.05) is 11.8 Å². The predicted octanol–water partition coefficient (Wildman–Crippen LogP) is -0.661. The van der Waals surface area contributed by atoms with Gasteiger partial charge < -0.3 is 45.2 Å². The molecule has 4 aromatic rings. The Balaban J connectivity index is 1.19. The van der Waals surface area contributed by atoms with E-state index in [0.717, 1.165) is 11.8 Å². The second-order valence-electron chi connectivity index (χ2n) is 10.6. The Bertz CT molecular complexity index is 1740. The molecule has 2 saturated heterocycles. The van der Waals surface area contributed by atoms with Crippen molar-refractivity contribution in [1.82, 2.24) is 39.0 Å². The van der Waals surface area contributed by atoms with Crippen LogP contribution < -0.4 is 17.0 Å². The summed E-state index contributed by atoms with van der Waals surface area (Å²) in [5.74, 6) is -1.77. The number of nitrogens with zero attached hydrogens (tertiary/aromatic N) is 7. The van der Waals surface area contributed by atoms with Crippen LogP contribution in [0.1, 0.15) is 24.4 Å². The van der Waals surface area contributed by atoms with E-state index in [-0.39, 0.29) is 42.4 Å². The lowest BCUT2D eigenvalue weighted by atomic mass is 9.89. The van der Waals surface area contributed by atoms with Gasteiger partial charge in [-0.05, 0) is 12.8 Å². The number of H-pyrrole nitrogens is 1. The van der Waals surface area contributed by atoms with E-state index in [0.29, 0.717) is 11.2 Å². The molecule has 6 rings (SSSR count). The summed E-state index contributed by atoms with van der Waals surface area (Å²) in [6.07, 6.45) is -0.995. The molecule has 0 spiro atoms. The van der Waals surface area contributed by atoms with E-state index < -0.39 is 58.9 Å². The zero-order chi connectivity index (χ0) is 32.7. The number of aliphatic hydroxyl groups excluding tert-OH is 2. The van der Waals surface area contributed by atoms with Gasteiger partial charge in [-0.2, -0.15) is 4.98 Å². The standard InChI is InChI=1S/C24H33N10O10PS/c1-39-14-9(24(40-2,5-41-45)43-20(14)33-7-29-11-16(25)27-6-28-17(11)33)3-4-10(35)42-22-13(36)15(44-38)21(46-22)34-8-30-12-18(34)31-23(26)32-19(12)37/h6-10,13-15,20-22,35-36,38H,3-5,45H2,1-2H3,(H2,25,27,28)(H3,26,31,32,37)/t9-,10?,13-,14+,15+,20+,21+,22?,24+/m0/s1. The van der Waals surface area contributed by atoms with E-state index >= 15 is 0 Å². The van der Waals surface area contributed by atoms with Crippen LogP contribution in [0.2, 0.25) is 0 Å². The maximum Gasteiger partial charge on any atom is 0.280 e. The number of aromatic amines is 1. The van der Waals surface area contributed by atoms with E-state index in [1.54, 1.807) is 4.57 Å². The van der Waals surface area contributed by atoms with Gasteiger partial charge in [-0.25, -0.2) is 24.8 Å². The van der Waals surface area contributed by atoms with Crippen molar-refractivity contribution in [3.05, 3.63) is 29.3 Å². The number of nitrogens with two attached hydrogens (primary N) is 2. The number of nitrogen functional groups attached to an aromatic ring is 2. The van der Waals surface area contributed by atoms with Crippen molar-refractivity contribution in [2.75, 3.05) is 32.3 Å². The maximum absolute atomic E-state index is 12.2. The number of methoxy groups -OCH3 is 2. The Labute approximate surface area is 265 Å². The molecular weight excluding hydrogens is 651 g/mol. The molecule has 22 heteroatoms. The predicted molar refractivity (Wildman–Crippen MR) is 162 cm³/mol. The minimum absolute atomic E-state index is 0.00542. The molecule has 250 valence electrons. The first kappa shape index (κ1) is 32.8. The number of aliphatic hydroxyl groups is 2. The summed E-state index contributed by atoms with van der Waals surface area (Å²) in [7, 11) is 5.16. The van der Waals surface area contributed by atoms with Crippen molar-refractivity contribution < 1.29 is 43.8 Å². The van der Waals surface area contributed by atoms with Crippen molar-refractivity contribution >= 4 is 55.3 Å². The Morgan fingerprint density at radius 1 is 1.15 bits per heavy atom. The van der Waals surface area contributed by atoms with Gasteiger partial charge >= 0.3 is 0 Å². The molecule has 0 saturated carbocycles. The highest BCUT2D eigenvalue weighted by Crippen LogP contribution is 2.48. The normalized spacial score (nSPS) is 30.5. The van der Waals surface area contributed by atoms with Gasteiger partial charge in [0, 0.05) is 29.6 Å². The Morgan fingerprint density at radius 2 is 1.91 bits per heavy atom. The van der Waals surface area contributed by atoms with Crippen LogP contribution in [0.5, 0.6) is 0 Å². The summed E-state index contributed by atoms with van der Waals surface area (Å²) in [6.45, 7) is -0.00939. The number of imidazole rings is 2. The van der Waals surface area contributed by atoms with Gasteiger partial charge in [0.05, 0.1) is 12.7 Å². The van der Waals surface area contributed by atoms with E-state index in [9.17, 15) is 20.3 Å². The molecule has 8 N–H and O–H groups in total. The average molecular weight is 685 g/mol. The van der Waals surface area contributed by atoms with Crippen molar-refractivity contribution in [3.8, 4) is 0 Å². The van der Waals surface area contributed by atoms with Gasteiger partial charge in [-0.15, -0.1) is 0 Å². The molecule has 0 aromatic carbocycles. The molecule has 4 aromatic heterocycles. The molecule has 2 fully saturated rings. The molecular formula is C24H33N10O10PS.